The van der Waals surface area contributed by atoms with E-state index in [0.717, 1.165) is 42.1 Å². The van der Waals surface area contributed by atoms with Gasteiger partial charge in [0, 0.05) is 25.7 Å². The lowest BCUT2D eigenvalue weighted by molar-refractivity contribution is -0.139. The second-order valence-corrected chi connectivity index (χ2v) is 6.09. The average molecular weight is 313 g/mol. The van der Waals surface area contributed by atoms with E-state index in [4.69, 9.17) is 9.97 Å². The third-order valence-electron chi connectivity index (χ3n) is 4.24. The Morgan fingerprint density at radius 2 is 2.00 bits per heavy atom. The third-order valence-corrected chi connectivity index (χ3v) is 4.24. The summed E-state index contributed by atoms with van der Waals surface area (Å²) in [5.41, 5.74) is 1.68. The van der Waals surface area contributed by atoms with Crippen molar-refractivity contribution in [3.05, 3.63) is 24.3 Å². The van der Waals surface area contributed by atoms with Gasteiger partial charge in [-0.2, -0.15) is 0 Å². The zero-order valence-electron chi connectivity index (χ0n) is 12.7. The molecule has 2 aromatic rings. The summed E-state index contributed by atoms with van der Waals surface area (Å²) in [6, 6.07) is 7.65. The Bertz CT molecular complexity index is 746. The van der Waals surface area contributed by atoms with Crippen LogP contribution in [0.5, 0.6) is 0 Å². The van der Waals surface area contributed by atoms with Crippen LogP contribution in [0.25, 0.3) is 11.0 Å². The summed E-state index contributed by atoms with van der Waals surface area (Å²) in [6.07, 6.45) is 2.29. The molecule has 4 rings (SSSR count). The lowest BCUT2D eigenvalue weighted by atomic mass is 10.2. The van der Waals surface area contributed by atoms with E-state index in [0.29, 0.717) is 19.1 Å². The van der Waals surface area contributed by atoms with Gasteiger partial charge in [-0.3, -0.25) is 4.79 Å². The lowest BCUT2D eigenvalue weighted by Gasteiger charge is -2.33. The predicted octanol–water partition coefficient (Wildman–Crippen LogP) is 1.07. The minimum atomic E-state index is -0.833. The molecule has 120 valence electrons. The van der Waals surface area contributed by atoms with Crippen molar-refractivity contribution in [3.8, 4) is 0 Å². The second-order valence-electron chi connectivity index (χ2n) is 6.09. The first-order valence-corrected chi connectivity index (χ1v) is 7.95. The van der Waals surface area contributed by atoms with Gasteiger partial charge in [-0.05, 0) is 25.0 Å². The van der Waals surface area contributed by atoms with Gasteiger partial charge >= 0.3 is 5.97 Å². The quantitative estimate of drug-likeness (QED) is 0.777. The molecule has 3 N–H and O–H groups in total. The summed E-state index contributed by atoms with van der Waals surface area (Å²) in [5, 5.41) is 15.7. The number of carbonyl (C=O) groups is 1. The van der Waals surface area contributed by atoms with E-state index in [1.54, 1.807) is 0 Å². The van der Waals surface area contributed by atoms with Gasteiger partial charge in [0.05, 0.1) is 11.0 Å². The highest BCUT2D eigenvalue weighted by atomic mass is 16.4. The first-order chi connectivity index (χ1) is 11.2. The van der Waals surface area contributed by atoms with E-state index < -0.39 is 12.0 Å². The van der Waals surface area contributed by atoms with Crippen LogP contribution in [-0.4, -0.2) is 52.8 Å². The first-order valence-electron chi connectivity index (χ1n) is 7.95. The fraction of sp³-hybridized carbons (Fsp3) is 0.438. The van der Waals surface area contributed by atoms with Gasteiger partial charge < -0.3 is 20.6 Å². The van der Waals surface area contributed by atoms with Crippen molar-refractivity contribution in [1.29, 1.82) is 0 Å². The Labute approximate surface area is 133 Å². The van der Waals surface area contributed by atoms with Gasteiger partial charge in [-0.15, -0.1) is 0 Å². The third kappa shape index (κ3) is 2.92. The summed E-state index contributed by atoms with van der Waals surface area (Å²) in [5.74, 6) is 0.681. The minimum absolute atomic E-state index is 0.391. The van der Waals surface area contributed by atoms with Crippen LogP contribution in [0.15, 0.2) is 24.3 Å². The molecule has 2 heterocycles. The Kier molecular flexibility index (Phi) is 3.49. The van der Waals surface area contributed by atoms with Crippen LogP contribution in [0.3, 0.4) is 0 Å². The van der Waals surface area contributed by atoms with E-state index in [2.05, 4.69) is 10.6 Å². The fourth-order valence-electron chi connectivity index (χ4n) is 2.84. The van der Waals surface area contributed by atoms with Crippen molar-refractivity contribution in [2.45, 2.75) is 24.9 Å². The number of benzene rings is 1. The van der Waals surface area contributed by atoms with Crippen LogP contribution < -0.4 is 15.5 Å². The molecule has 2 fully saturated rings. The Morgan fingerprint density at radius 1 is 1.26 bits per heavy atom. The molecule has 0 unspecified atom stereocenters. The number of anilines is 2. The number of rotatable bonds is 4. The van der Waals surface area contributed by atoms with Gasteiger partial charge in [0.2, 0.25) is 0 Å². The topological polar surface area (TPSA) is 90.4 Å². The molecule has 7 heteroatoms. The van der Waals surface area contributed by atoms with Crippen molar-refractivity contribution < 1.29 is 9.90 Å². The van der Waals surface area contributed by atoms with Crippen molar-refractivity contribution in [1.82, 2.24) is 15.3 Å². The highest BCUT2D eigenvalue weighted by Gasteiger charge is 2.29. The zero-order valence-corrected chi connectivity index (χ0v) is 12.7. The standard InChI is InChI=1S/C16H19N5O2/c22-16(23)13-9-21(8-7-17-13)15-14(18-10-5-6-10)19-11-3-1-2-4-12(11)20-15/h1-4,10,13,17H,5-9H2,(H,18,19)(H,22,23)/t13-/m0/s1. The van der Waals surface area contributed by atoms with Crippen LogP contribution >= 0.6 is 0 Å². The van der Waals surface area contributed by atoms with E-state index in [9.17, 15) is 9.90 Å². The number of aromatic nitrogens is 2. The molecular formula is C16H19N5O2. The molecule has 1 aromatic carbocycles. The van der Waals surface area contributed by atoms with Gasteiger partial charge in [0.15, 0.2) is 11.6 Å². The molecule has 0 bridgehead atoms. The maximum Gasteiger partial charge on any atom is 0.322 e. The van der Waals surface area contributed by atoms with Gasteiger partial charge in [-0.1, -0.05) is 12.1 Å². The van der Waals surface area contributed by atoms with Crippen LogP contribution in [-0.2, 0) is 4.79 Å². The Hall–Kier alpha value is -2.41. The molecular weight excluding hydrogens is 294 g/mol. The molecule has 0 spiro atoms. The highest BCUT2D eigenvalue weighted by molar-refractivity contribution is 5.81. The van der Waals surface area contributed by atoms with Gasteiger partial charge in [0.25, 0.3) is 0 Å². The number of piperazine rings is 1. The SMILES string of the molecule is O=C(O)[C@@H]1CN(c2nc3ccccc3nc2NC2CC2)CCN1. The molecule has 0 radical (unpaired) electrons. The summed E-state index contributed by atoms with van der Waals surface area (Å²) in [7, 11) is 0. The van der Waals surface area contributed by atoms with Crippen molar-refractivity contribution in [2.75, 3.05) is 29.9 Å². The van der Waals surface area contributed by atoms with Crippen LogP contribution in [0.2, 0.25) is 0 Å². The van der Waals surface area contributed by atoms with E-state index in [1.807, 2.05) is 29.2 Å². The summed E-state index contributed by atoms with van der Waals surface area (Å²) < 4.78 is 0. The largest absolute Gasteiger partial charge is 0.480 e. The van der Waals surface area contributed by atoms with Crippen LogP contribution in [0, 0.1) is 0 Å². The average Bonchev–Trinajstić information content (AvgIpc) is 3.38. The van der Waals surface area contributed by atoms with E-state index in [-0.39, 0.29) is 0 Å². The molecule has 7 nitrogen and oxygen atoms in total. The highest BCUT2D eigenvalue weighted by Crippen LogP contribution is 2.31. The number of aliphatic carboxylic acids is 1. The van der Waals surface area contributed by atoms with Crippen molar-refractivity contribution >= 4 is 28.6 Å². The summed E-state index contributed by atoms with van der Waals surface area (Å²) >= 11 is 0. The maximum absolute atomic E-state index is 11.3. The molecule has 0 amide bonds. The predicted molar refractivity (Wildman–Crippen MR) is 87.8 cm³/mol. The van der Waals surface area contributed by atoms with E-state index >= 15 is 0 Å². The molecule has 1 atom stereocenters. The number of hydrogen-bond donors (Lipinski definition) is 3. The number of para-hydroxylation sites is 2. The Morgan fingerprint density at radius 3 is 2.70 bits per heavy atom. The minimum Gasteiger partial charge on any atom is -0.480 e. The summed E-state index contributed by atoms with van der Waals surface area (Å²) in [6.45, 7) is 1.73. The maximum atomic E-state index is 11.3. The number of hydrogen-bond acceptors (Lipinski definition) is 6. The molecule has 1 aromatic heterocycles. The van der Waals surface area contributed by atoms with Crippen LogP contribution in [0.1, 0.15) is 12.8 Å². The molecule has 23 heavy (non-hydrogen) atoms. The molecule has 1 aliphatic carbocycles. The van der Waals surface area contributed by atoms with E-state index in [1.165, 1.54) is 0 Å². The molecule has 1 saturated heterocycles. The summed E-state index contributed by atoms with van der Waals surface area (Å²) in [4.78, 5) is 22.8. The first kappa shape index (κ1) is 14.2. The number of nitrogens with one attached hydrogen (secondary N) is 2. The zero-order chi connectivity index (χ0) is 15.8. The number of fused-ring (bicyclic) bond motifs is 1. The number of carboxylic acids is 1. The smallest absolute Gasteiger partial charge is 0.322 e. The van der Waals surface area contributed by atoms with Gasteiger partial charge in [0.1, 0.15) is 6.04 Å². The fourth-order valence-corrected chi connectivity index (χ4v) is 2.84. The van der Waals surface area contributed by atoms with Crippen LogP contribution in [0.4, 0.5) is 11.6 Å². The number of carboxylic acid groups (broad SMARTS) is 1. The normalized spacial score (nSPS) is 21.4. The van der Waals surface area contributed by atoms with Gasteiger partial charge in [-0.25, -0.2) is 9.97 Å². The lowest BCUT2D eigenvalue weighted by Crippen LogP contribution is -2.54. The molecule has 2 aliphatic rings. The van der Waals surface area contributed by atoms with Crippen molar-refractivity contribution in [2.24, 2.45) is 0 Å². The van der Waals surface area contributed by atoms with Crippen molar-refractivity contribution in [3.63, 3.8) is 0 Å². The second kappa shape index (κ2) is 5.66. The number of nitrogens with zero attached hydrogens (tertiary/aromatic N) is 3. The molecule has 1 saturated carbocycles. The monoisotopic (exact) mass is 313 g/mol. The molecule has 1 aliphatic heterocycles. The Balaban J connectivity index is 1.72.